The number of nitrogen functional groups attached to an aromatic ring is 1. The summed E-state index contributed by atoms with van der Waals surface area (Å²) in [6.07, 6.45) is 2.48. The first-order valence-electron chi connectivity index (χ1n) is 10.7. The van der Waals surface area contributed by atoms with Crippen molar-refractivity contribution < 1.29 is 4.79 Å². The van der Waals surface area contributed by atoms with Crippen LogP contribution < -0.4 is 5.73 Å². The van der Waals surface area contributed by atoms with Crippen molar-refractivity contribution in [2.45, 2.75) is 46.1 Å². The quantitative estimate of drug-likeness (QED) is 0.293. The molecular weight excluding hydrogens is 408 g/mol. The molecule has 0 unspecified atom stereocenters. The monoisotopic (exact) mass is 436 g/mol. The van der Waals surface area contributed by atoms with E-state index in [-0.39, 0.29) is 29.7 Å². The van der Waals surface area contributed by atoms with Crippen molar-refractivity contribution in [1.82, 2.24) is 4.57 Å². The number of rotatable bonds is 10. The summed E-state index contributed by atoms with van der Waals surface area (Å²) in [6, 6.07) is 15.2. The molecule has 31 heavy (non-hydrogen) atoms. The van der Waals surface area contributed by atoms with E-state index in [9.17, 15) is 4.79 Å². The normalized spacial score (nSPS) is 12.1. The number of nitrogens with one attached hydrogen (secondary N) is 2. The molecular formula is C25H29ClN4O. The van der Waals surface area contributed by atoms with Gasteiger partial charge < -0.3 is 15.7 Å². The third-order valence-corrected chi connectivity index (χ3v) is 6.06. The van der Waals surface area contributed by atoms with E-state index < -0.39 is 0 Å². The van der Waals surface area contributed by atoms with Gasteiger partial charge in [-0.2, -0.15) is 0 Å². The van der Waals surface area contributed by atoms with Crippen LogP contribution in [0.2, 0.25) is 5.02 Å². The lowest BCUT2D eigenvalue weighted by molar-refractivity contribution is -0.112. The van der Waals surface area contributed by atoms with Gasteiger partial charge in [-0.25, -0.2) is 0 Å². The smallest absolute Gasteiger partial charge is 0.180 e. The number of halogens is 1. The summed E-state index contributed by atoms with van der Waals surface area (Å²) in [5.74, 6) is -0.163. The fraction of sp³-hybridized carbons (Fsp3) is 0.320. The van der Waals surface area contributed by atoms with Gasteiger partial charge in [-0.1, -0.05) is 42.8 Å². The standard InChI is InChI=1S/C25H29ClN4O/c1-3-17(24(27)23(31)13-16-6-5-7-20(26)12-16)10-11-21-14-18-8-9-19(25(28)29)15-22(18)30(21)4-2/h5-9,12,14-15,17,27H,3-4,10-11,13H2,1-2H3,(H3,28,29)/t17-/m0/s1. The number of carbonyl (C=O) groups excluding carboxylic acids is 1. The summed E-state index contributed by atoms with van der Waals surface area (Å²) < 4.78 is 2.23. The van der Waals surface area contributed by atoms with Crippen LogP contribution in [0.5, 0.6) is 0 Å². The summed E-state index contributed by atoms with van der Waals surface area (Å²) in [7, 11) is 0. The molecule has 0 aliphatic rings. The molecule has 4 N–H and O–H groups in total. The van der Waals surface area contributed by atoms with Crippen LogP contribution in [0.1, 0.15) is 43.5 Å². The largest absolute Gasteiger partial charge is 0.384 e. The van der Waals surface area contributed by atoms with E-state index in [1.807, 2.05) is 37.3 Å². The van der Waals surface area contributed by atoms with E-state index in [2.05, 4.69) is 17.6 Å². The van der Waals surface area contributed by atoms with Crippen molar-refractivity contribution in [1.29, 1.82) is 10.8 Å². The Hall–Kier alpha value is -2.92. The van der Waals surface area contributed by atoms with Crippen LogP contribution in [0.25, 0.3) is 10.9 Å². The molecule has 0 fully saturated rings. The van der Waals surface area contributed by atoms with Crippen LogP contribution in [0.3, 0.4) is 0 Å². The predicted octanol–water partition coefficient (Wildman–Crippen LogP) is 5.39. The van der Waals surface area contributed by atoms with Crippen LogP contribution in [0, 0.1) is 16.7 Å². The topological polar surface area (TPSA) is 95.7 Å². The van der Waals surface area contributed by atoms with Crippen molar-refractivity contribution in [3.63, 3.8) is 0 Å². The highest BCUT2D eigenvalue weighted by atomic mass is 35.5. The molecule has 1 heterocycles. The van der Waals surface area contributed by atoms with Gasteiger partial charge in [0.1, 0.15) is 5.84 Å². The molecule has 0 saturated carbocycles. The molecule has 2 aromatic carbocycles. The lowest BCUT2D eigenvalue weighted by atomic mass is 9.89. The summed E-state index contributed by atoms with van der Waals surface area (Å²) >= 11 is 6.02. The number of aromatic nitrogens is 1. The number of aryl methyl sites for hydroxylation is 2. The summed E-state index contributed by atoms with van der Waals surface area (Å²) in [4.78, 5) is 12.7. The van der Waals surface area contributed by atoms with Crippen molar-refractivity contribution in [2.24, 2.45) is 11.7 Å². The molecule has 3 aromatic rings. The number of nitrogens with two attached hydrogens (primary N) is 1. The predicted molar refractivity (Wildman–Crippen MR) is 129 cm³/mol. The maximum Gasteiger partial charge on any atom is 0.180 e. The third kappa shape index (κ3) is 5.23. The van der Waals surface area contributed by atoms with Gasteiger partial charge in [-0.3, -0.25) is 10.2 Å². The summed E-state index contributed by atoms with van der Waals surface area (Å²) in [5.41, 5.74) is 9.64. The molecule has 0 bridgehead atoms. The zero-order valence-corrected chi connectivity index (χ0v) is 18.8. The fourth-order valence-corrected chi connectivity index (χ4v) is 4.30. The van der Waals surface area contributed by atoms with Gasteiger partial charge in [-0.05, 0) is 61.4 Å². The van der Waals surface area contributed by atoms with Crippen LogP contribution >= 0.6 is 11.6 Å². The fourth-order valence-electron chi connectivity index (χ4n) is 4.09. The zero-order chi connectivity index (χ0) is 22.5. The minimum Gasteiger partial charge on any atom is -0.384 e. The highest BCUT2D eigenvalue weighted by Crippen LogP contribution is 2.25. The van der Waals surface area contributed by atoms with E-state index >= 15 is 0 Å². The van der Waals surface area contributed by atoms with E-state index in [0.29, 0.717) is 10.6 Å². The Bertz CT molecular complexity index is 1130. The lowest BCUT2D eigenvalue weighted by Crippen LogP contribution is -2.25. The van der Waals surface area contributed by atoms with E-state index in [1.165, 1.54) is 5.69 Å². The van der Waals surface area contributed by atoms with Gasteiger partial charge in [-0.15, -0.1) is 0 Å². The van der Waals surface area contributed by atoms with E-state index in [4.69, 9.17) is 28.2 Å². The molecule has 1 atom stereocenters. The van der Waals surface area contributed by atoms with Crippen LogP contribution in [-0.2, 0) is 24.2 Å². The first-order chi connectivity index (χ1) is 14.8. The van der Waals surface area contributed by atoms with Crippen molar-refractivity contribution in [3.8, 4) is 0 Å². The molecule has 3 rings (SSSR count). The number of nitrogens with zero attached hydrogens (tertiary/aromatic N) is 1. The first-order valence-corrected chi connectivity index (χ1v) is 11.0. The molecule has 0 aliphatic heterocycles. The van der Waals surface area contributed by atoms with Crippen LogP contribution in [-0.4, -0.2) is 21.9 Å². The van der Waals surface area contributed by atoms with E-state index in [1.54, 1.807) is 12.1 Å². The molecule has 162 valence electrons. The molecule has 0 amide bonds. The third-order valence-electron chi connectivity index (χ3n) is 5.82. The Morgan fingerprint density at radius 1 is 1.13 bits per heavy atom. The SMILES string of the molecule is CC[C@@H](CCc1cc2ccc(C(=N)N)cc2n1CC)C(=N)C(=O)Cc1cccc(Cl)c1. The summed E-state index contributed by atoms with van der Waals surface area (Å²) in [5, 5.41) is 17.9. The Morgan fingerprint density at radius 2 is 1.90 bits per heavy atom. The number of ketones is 1. The van der Waals surface area contributed by atoms with Crippen LogP contribution in [0.15, 0.2) is 48.5 Å². The van der Waals surface area contributed by atoms with Gasteiger partial charge in [0.15, 0.2) is 5.78 Å². The molecule has 0 radical (unpaired) electrons. The molecule has 0 saturated heterocycles. The van der Waals surface area contributed by atoms with Crippen molar-refractivity contribution in [2.75, 3.05) is 0 Å². The van der Waals surface area contributed by atoms with Gasteiger partial charge in [0.05, 0.1) is 5.71 Å². The molecule has 5 nitrogen and oxygen atoms in total. The van der Waals surface area contributed by atoms with Gasteiger partial charge >= 0.3 is 0 Å². The van der Waals surface area contributed by atoms with Crippen molar-refractivity contribution in [3.05, 3.63) is 70.4 Å². The molecule has 1 aromatic heterocycles. The number of benzene rings is 2. The maximum absolute atomic E-state index is 12.7. The number of carbonyl (C=O) groups is 1. The average molecular weight is 437 g/mol. The molecule has 0 aliphatic carbocycles. The summed E-state index contributed by atoms with van der Waals surface area (Å²) in [6.45, 7) is 4.93. The molecule has 0 spiro atoms. The average Bonchev–Trinajstić information content (AvgIpc) is 3.10. The number of fused-ring (bicyclic) bond motifs is 1. The van der Waals surface area contributed by atoms with Gasteiger partial charge in [0.2, 0.25) is 0 Å². The maximum atomic E-state index is 12.7. The first kappa shape index (κ1) is 22.8. The number of hydrogen-bond acceptors (Lipinski definition) is 3. The number of hydrogen-bond donors (Lipinski definition) is 3. The number of Topliss-reactive ketones (excluding diaryl/α,β-unsaturated/α-hetero) is 1. The Balaban J connectivity index is 1.73. The minimum absolute atomic E-state index is 0.0602. The minimum atomic E-state index is -0.142. The zero-order valence-electron chi connectivity index (χ0n) is 18.0. The Kier molecular flexibility index (Phi) is 7.29. The Labute approximate surface area is 188 Å². The highest BCUT2D eigenvalue weighted by molar-refractivity contribution is 6.39. The lowest BCUT2D eigenvalue weighted by Gasteiger charge is -2.16. The Morgan fingerprint density at radius 3 is 2.55 bits per heavy atom. The second-order valence-corrected chi connectivity index (χ2v) is 8.29. The van der Waals surface area contributed by atoms with E-state index in [0.717, 1.165) is 42.3 Å². The highest BCUT2D eigenvalue weighted by Gasteiger charge is 2.21. The molecule has 6 heteroatoms. The second-order valence-electron chi connectivity index (χ2n) is 7.85. The van der Waals surface area contributed by atoms with Gasteiger partial charge in [0, 0.05) is 40.7 Å². The number of amidine groups is 1. The second kappa shape index (κ2) is 9.92. The van der Waals surface area contributed by atoms with Crippen molar-refractivity contribution >= 4 is 39.8 Å². The van der Waals surface area contributed by atoms with Gasteiger partial charge in [0.25, 0.3) is 0 Å². The van der Waals surface area contributed by atoms with Crippen LogP contribution in [0.4, 0.5) is 0 Å².